The fourth-order valence-electron chi connectivity index (χ4n) is 1.33. The molecule has 3 heteroatoms. The Morgan fingerprint density at radius 1 is 1.40 bits per heavy atom. The van der Waals surface area contributed by atoms with Crippen molar-refractivity contribution in [2.75, 3.05) is 7.11 Å². The van der Waals surface area contributed by atoms with E-state index in [1.54, 1.807) is 7.11 Å². The minimum absolute atomic E-state index is 0.132. The Morgan fingerprint density at radius 3 is 2.60 bits per heavy atom. The quantitative estimate of drug-likeness (QED) is 0.858. The molecule has 0 heterocycles. The molecule has 1 aromatic carbocycles. The van der Waals surface area contributed by atoms with Gasteiger partial charge < -0.3 is 10.5 Å². The van der Waals surface area contributed by atoms with Gasteiger partial charge in [0.1, 0.15) is 5.75 Å². The molecule has 0 atom stereocenters. The first-order chi connectivity index (χ1) is 6.92. The van der Waals surface area contributed by atoms with E-state index in [4.69, 9.17) is 22.1 Å². The maximum atomic E-state index is 5.94. The SMILES string of the molecule is COc1cc(CCC(C)(C)N)ccc1Cl. The topological polar surface area (TPSA) is 35.2 Å². The van der Waals surface area contributed by atoms with Gasteiger partial charge >= 0.3 is 0 Å². The van der Waals surface area contributed by atoms with Crippen molar-refractivity contribution in [2.45, 2.75) is 32.2 Å². The highest BCUT2D eigenvalue weighted by Gasteiger charge is 2.11. The van der Waals surface area contributed by atoms with E-state index in [1.165, 1.54) is 5.56 Å². The zero-order chi connectivity index (χ0) is 11.5. The highest BCUT2D eigenvalue weighted by molar-refractivity contribution is 6.32. The van der Waals surface area contributed by atoms with Crippen LogP contribution < -0.4 is 10.5 Å². The van der Waals surface area contributed by atoms with Gasteiger partial charge in [-0.15, -0.1) is 0 Å². The maximum Gasteiger partial charge on any atom is 0.137 e. The fraction of sp³-hybridized carbons (Fsp3) is 0.500. The second kappa shape index (κ2) is 4.86. The number of hydrogen-bond donors (Lipinski definition) is 1. The third kappa shape index (κ3) is 4.10. The Labute approximate surface area is 96.4 Å². The summed E-state index contributed by atoms with van der Waals surface area (Å²) in [4.78, 5) is 0. The lowest BCUT2D eigenvalue weighted by molar-refractivity contribution is 0.413. The summed E-state index contributed by atoms with van der Waals surface area (Å²) in [5.41, 5.74) is 7.00. The van der Waals surface area contributed by atoms with Crippen LogP contribution in [-0.2, 0) is 6.42 Å². The van der Waals surface area contributed by atoms with E-state index in [0.29, 0.717) is 5.02 Å². The first kappa shape index (κ1) is 12.3. The summed E-state index contributed by atoms with van der Waals surface area (Å²) in [6.45, 7) is 4.06. The molecule has 0 saturated carbocycles. The molecule has 0 fully saturated rings. The molecular formula is C12H18ClNO. The second-order valence-electron chi connectivity index (χ2n) is 4.46. The Balaban J connectivity index is 2.70. The molecule has 0 aromatic heterocycles. The summed E-state index contributed by atoms with van der Waals surface area (Å²) in [6, 6.07) is 5.84. The third-order valence-electron chi connectivity index (χ3n) is 2.27. The molecule has 15 heavy (non-hydrogen) atoms. The zero-order valence-corrected chi connectivity index (χ0v) is 10.3. The van der Waals surface area contributed by atoms with Crippen LogP contribution in [-0.4, -0.2) is 12.6 Å². The van der Waals surface area contributed by atoms with E-state index >= 15 is 0 Å². The van der Waals surface area contributed by atoms with Gasteiger partial charge in [-0.3, -0.25) is 0 Å². The molecule has 0 saturated heterocycles. The number of aryl methyl sites for hydroxylation is 1. The average Bonchev–Trinajstić information content (AvgIpc) is 2.15. The maximum absolute atomic E-state index is 5.94. The van der Waals surface area contributed by atoms with Gasteiger partial charge in [-0.05, 0) is 44.4 Å². The summed E-state index contributed by atoms with van der Waals surface area (Å²) in [6.07, 6.45) is 1.88. The van der Waals surface area contributed by atoms with Gasteiger partial charge in [0.15, 0.2) is 0 Å². The van der Waals surface area contributed by atoms with Gasteiger partial charge in [-0.25, -0.2) is 0 Å². The largest absolute Gasteiger partial charge is 0.495 e. The molecule has 1 rings (SSSR count). The smallest absolute Gasteiger partial charge is 0.137 e. The van der Waals surface area contributed by atoms with Crippen molar-refractivity contribution in [1.82, 2.24) is 0 Å². The van der Waals surface area contributed by atoms with E-state index in [1.807, 2.05) is 32.0 Å². The zero-order valence-electron chi connectivity index (χ0n) is 9.51. The number of nitrogens with two attached hydrogens (primary N) is 1. The van der Waals surface area contributed by atoms with E-state index in [0.717, 1.165) is 18.6 Å². The summed E-state index contributed by atoms with van der Waals surface area (Å²) < 4.78 is 5.15. The number of methoxy groups -OCH3 is 1. The van der Waals surface area contributed by atoms with E-state index in [2.05, 4.69) is 0 Å². The average molecular weight is 228 g/mol. The first-order valence-corrected chi connectivity index (χ1v) is 5.41. The molecule has 0 aliphatic rings. The van der Waals surface area contributed by atoms with Crippen molar-refractivity contribution in [1.29, 1.82) is 0 Å². The fourth-order valence-corrected chi connectivity index (χ4v) is 1.52. The lowest BCUT2D eigenvalue weighted by atomic mass is 9.96. The number of rotatable bonds is 4. The number of ether oxygens (including phenoxy) is 1. The van der Waals surface area contributed by atoms with Crippen LogP contribution in [0.15, 0.2) is 18.2 Å². The molecule has 0 unspecified atom stereocenters. The Hall–Kier alpha value is -0.730. The molecule has 84 valence electrons. The molecule has 0 spiro atoms. The van der Waals surface area contributed by atoms with Crippen LogP contribution in [0.4, 0.5) is 0 Å². The Morgan fingerprint density at radius 2 is 2.07 bits per heavy atom. The van der Waals surface area contributed by atoms with Crippen LogP contribution in [0.3, 0.4) is 0 Å². The predicted octanol–water partition coefficient (Wildman–Crippen LogP) is 3.02. The van der Waals surface area contributed by atoms with Crippen molar-refractivity contribution < 1.29 is 4.74 Å². The van der Waals surface area contributed by atoms with Crippen LogP contribution in [0.25, 0.3) is 0 Å². The van der Waals surface area contributed by atoms with Gasteiger partial charge in [0.25, 0.3) is 0 Å². The minimum atomic E-state index is -0.132. The van der Waals surface area contributed by atoms with Crippen molar-refractivity contribution in [3.8, 4) is 5.75 Å². The monoisotopic (exact) mass is 227 g/mol. The molecular weight excluding hydrogens is 210 g/mol. The van der Waals surface area contributed by atoms with Crippen LogP contribution in [0.1, 0.15) is 25.8 Å². The molecule has 2 nitrogen and oxygen atoms in total. The van der Waals surface area contributed by atoms with Crippen LogP contribution in [0, 0.1) is 0 Å². The standard InChI is InChI=1S/C12H18ClNO/c1-12(2,14)7-6-9-4-5-10(13)11(8-9)15-3/h4-5,8H,6-7,14H2,1-3H3. The lowest BCUT2D eigenvalue weighted by Gasteiger charge is -2.18. The van der Waals surface area contributed by atoms with Gasteiger partial charge in [0.2, 0.25) is 0 Å². The molecule has 0 bridgehead atoms. The van der Waals surface area contributed by atoms with E-state index in [9.17, 15) is 0 Å². The van der Waals surface area contributed by atoms with Crippen LogP contribution >= 0.6 is 11.6 Å². The second-order valence-corrected chi connectivity index (χ2v) is 4.86. The first-order valence-electron chi connectivity index (χ1n) is 5.04. The highest BCUT2D eigenvalue weighted by atomic mass is 35.5. The minimum Gasteiger partial charge on any atom is -0.495 e. The summed E-state index contributed by atoms with van der Waals surface area (Å²) in [5.74, 6) is 0.726. The van der Waals surface area contributed by atoms with E-state index < -0.39 is 0 Å². The molecule has 0 amide bonds. The van der Waals surface area contributed by atoms with Crippen molar-refractivity contribution >= 4 is 11.6 Å². The van der Waals surface area contributed by atoms with Gasteiger partial charge in [-0.1, -0.05) is 17.7 Å². The highest BCUT2D eigenvalue weighted by Crippen LogP contribution is 2.26. The Bertz CT molecular complexity index is 331. The molecule has 0 aliphatic heterocycles. The lowest BCUT2D eigenvalue weighted by Crippen LogP contribution is -2.32. The normalized spacial score (nSPS) is 11.5. The van der Waals surface area contributed by atoms with Gasteiger partial charge in [0, 0.05) is 5.54 Å². The molecule has 1 aromatic rings. The third-order valence-corrected chi connectivity index (χ3v) is 2.59. The van der Waals surface area contributed by atoms with Crippen molar-refractivity contribution in [2.24, 2.45) is 5.73 Å². The molecule has 0 radical (unpaired) electrons. The predicted molar refractivity (Wildman–Crippen MR) is 64.6 cm³/mol. The Kier molecular flexibility index (Phi) is 4.00. The van der Waals surface area contributed by atoms with Crippen molar-refractivity contribution in [3.05, 3.63) is 28.8 Å². The number of hydrogen-bond acceptors (Lipinski definition) is 2. The molecule has 2 N–H and O–H groups in total. The van der Waals surface area contributed by atoms with Crippen LogP contribution in [0.2, 0.25) is 5.02 Å². The summed E-state index contributed by atoms with van der Waals surface area (Å²) in [7, 11) is 1.62. The summed E-state index contributed by atoms with van der Waals surface area (Å²) in [5, 5.41) is 0.647. The number of halogens is 1. The molecule has 0 aliphatic carbocycles. The van der Waals surface area contributed by atoms with Crippen LogP contribution in [0.5, 0.6) is 5.75 Å². The number of benzene rings is 1. The van der Waals surface area contributed by atoms with Gasteiger partial charge in [0.05, 0.1) is 12.1 Å². The van der Waals surface area contributed by atoms with E-state index in [-0.39, 0.29) is 5.54 Å². The van der Waals surface area contributed by atoms with Gasteiger partial charge in [-0.2, -0.15) is 0 Å². The van der Waals surface area contributed by atoms with Crippen molar-refractivity contribution in [3.63, 3.8) is 0 Å². The summed E-state index contributed by atoms with van der Waals surface area (Å²) >= 11 is 5.94.